The fraction of sp³-hybridized carbons (Fsp3) is 0.500. The van der Waals surface area contributed by atoms with Crippen LogP contribution in [0.4, 0.5) is 0 Å². The number of aryl methyl sites for hydroxylation is 2. The van der Waals surface area contributed by atoms with Crippen LogP contribution >= 0.6 is 0 Å². The van der Waals surface area contributed by atoms with Crippen LogP contribution in [0, 0.1) is 0 Å². The highest BCUT2D eigenvalue weighted by Gasteiger charge is 2.10. The highest BCUT2D eigenvalue weighted by Crippen LogP contribution is 2.19. The van der Waals surface area contributed by atoms with Crippen LogP contribution in [0.25, 0.3) is 11.0 Å². The predicted molar refractivity (Wildman–Crippen MR) is 73.6 cm³/mol. The first-order valence-electron chi connectivity index (χ1n) is 6.59. The summed E-state index contributed by atoms with van der Waals surface area (Å²) < 4.78 is 2.10. The van der Waals surface area contributed by atoms with Crippen LogP contribution in [0.15, 0.2) is 18.2 Å². The van der Waals surface area contributed by atoms with Crippen molar-refractivity contribution >= 4 is 11.0 Å². The van der Waals surface area contributed by atoms with Gasteiger partial charge in [0.05, 0.1) is 17.6 Å². The molecule has 1 heterocycles. The van der Waals surface area contributed by atoms with E-state index >= 15 is 0 Å². The minimum absolute atomic E-state index is 0.136. The van der Waals surface area contributed by atoms with E-state index in [1.54, 1.807) is 0 Å². The van der Waals surface area contributed by atoms with Gasteiger partial charge in [0.15, 0.2) is 0 Å². The lowest BCUT2D eigenvalue weighted by molar-refractivity contribution is 0.276. The zero-order valence-corrected chi connectivity index (χ0v) is 10.9. The molecule has 0 radical (unpaired) electrons. The maximum absolute atomic E-state index is 9.17. The average molecular weight is 247 g/mol. The van der Waals surface area contributed by atoms with Gasteiger partial charge in [0.25, 0.3) is 0 Å². The van der Waals surface area contributed by atoms with E-state index in [1.165, 1.54) is 5.56 Å². The van der Waals surface area contributed by atoms with Gasteiger partial charge >= 0.3 is 0 Å². The van der Waals surface area contributed by atoms with Crippen molar-refractivity contribution in [1.82, 2.24) is 9.55 Å². The van der Waals surface area contributed by atoms with E-state index in [0.29, 0.717) is 13.1 Å². The second-order valence-corrected chi connectivity index (χ2v) is 4.47. The predicted octanol–water partition coefficient (Wildman–Crippen LogP) is 1.48. The first kappa shape index (κ1) is 13.1. The van der Waals surface area contributed by atoms with Crippen LogP contribution < -0.4 is 5.73 Å². The van der Waals surface area contributed by atoms with E-state index in [2.05, 4.69) is 34.7 Å². The molecule has 0 spiro atoms. The Morgan fingerprint density at radius 1 is 1.39 bits per heavy atom. The maximum atomic E-state index is 9.17. The topological polar surface area (TPSA) is 64.1 Å². The number of imidazole rings is 1. The number of aliphatic hydroxyl groups is 1. The SMILES string of the molecule is CCc1ccc2c(c1)nc(CCCN)n2CCO. The Labute approximate surface area is 107 Å². The average Bonchev–Trinajstić information content (AvgIpc) is 2.74. The lowest BCUT2D eigenvalue weighted by atomic mass is 10.1. The minimum Gasteiger partial charge on any atom is -0.395 e. The fourth-order valence-electron chi connectivity index (χ4n) is 2.25. The summed E-state index contributed by atoms with van der Waals surface area (Å²) in [6.07, 6.45) is 2.81. The summed E-state index contributed by atoms with van der Waals surface area (Å²) in [5.74, 6) is 1.03. The molecule has 1 aromatic carbocycles. The Balaban J connectivity index is 2.44. The van der Waals surface area contributed by atoms with E-state index in [0.717, 1.165) is 36.1 Å². The van der Waals surface area contributed by atoms with E-state index in [4.69, 9.17) is 5.73 Å². The fourth-order valence-corrected chi connectivity index (χ4v) is 2.25. The number of aromatic nitrogens is 2. The lowest BCUT2D eigenvalue weighted by Crippen LogP contribution is -2.09. The van der Waals surface area contributed by atoms with Crippen LogP contribution in [0.2, 0.25) is 0 Å². The van der Waals surface area contributed by atoms with Crippen molar-refractivity contribution in [2.24, 2.45) is 5.73 Å². The summed E-state index contributed by atoms with van der Waals surface area (Å²) in [5, 5.41) is 9.17. The number of fused-ring (bicyclic) bond motifs is 1. The molecule has 0 atom stereocenters. The number of rotatable bonds is 6. The third-order valence-corrected chi connectivity index (χ3v) is 3.23. The van der Waals surface area contributed by atoms with Gasteiger partial charge in [-0.05, 0) is 37.1 Å². The van der Waals surface area contributed by atoms with Crippen LogP contribution in [-0.2, 0) is 19.4 Å². The molecule has 0 aliphatic carbocycles. The summed E-state index contributed by atoms with van der Waals surface area (Å²) in [4.78, 5) is 4.67. The number of nitrogens with zero attached hydrogens (tertiary/aromatic N) is 2. The molecule has 0 aliphatic heterocycles. The quantitative estimate of drug-likeness (QED) is 0.812. The van der Waals surface area contributed by atoms with Crippen LogP contribution in [0.1, 0.15) is 24.7 Å². The second kappa shape index (κ2) is 5.98. The number of hydrogen-bond acceptors (Lipinski definition) is 3. The van der Waals surface area contributed by atoms with Crippen molar-refractivity contribution in [2.45, 2.75) is 32.7 Å². The largest absolute Gasteiger partial charge is 0.395 e. The zero-order chi connectivity index (χ0) is 13.0. The molecule has 0 saturated heterocycles. The standard InChI is InChI=1S/C14H21N3O/c1-2-11-5-6-13-12(10-11)16-14(4-3-7-15)17(13)8-9-18/h5-6,10,18H,2-4,7-9,15H2,1H3. The van der Waals surface area contributed by atoms with Gasteiger partial charge < -0.3 is 15.4 Å². The number of aliphatic hydroxyl groups excluding tert-OH is 1. The third-order valence-electron chi connectivity index (χ3n) is 3.23. The van der Waals surface area contributed by atoms with Gasteiger partial charge in [-0.15, -0.1) is 0 Å². The maximum Gasteiger partial charge on any atom is 0.109 e. The molecule has 1 aromatic heterocycles. The molecule has 0 fully saturated rings. The summed E-state index contributed by atoms with van der Waals surface area (Å²) in [6.45, 7) is 3.54. The van der Waals surface area contributed by atoms with Gasteiger partial charge in [-0.25, -0.2) is 4.98 Å². The number of benzene rings is 1. The molecule has 0 bridgehead atoms. The van der Waals surface area contributed by atoms with Crippen molar-refractivity contribution in [2.75, 3.05) is 13.2 Å². The van der Waals surface area contributed by atoms with Crippen LogP contribution in [0.5, 0.6) is 0 Å². The Morgan fingerprint density at radius 2 is 2.22 bits per heavy atom. The van der Waals surface area contributed by atoms with E-state index in [9.17, 15) is 5.11 Å². The number of hydrogen-bond donors (Lipinski definition) is 2. The highest BCUT2D eigenvalue weighted by atomic mass is 16.3. The highest BCUT2D eigenvalue weighted by molar-refractivity contribution is 5.77. The zero-order valence-electron chi connectivity index (χ0n) is 10.9. The van der Waals surface area contributed by atoms with Crippen molar-refractivity contribution in [1.29, 1.82) is 0 Å². The van der Waals surface area contributed by atoms with Crippen molar-refractivity contribution < 1.29 is 5.11 Å². The van der Waals surface area contributed by atoms with E-state index in [-0.39, 0.29) is 6.61 Å². The van der Waals surface area contributed by atoms with Gasteiger partial charge in [-0.2, -0.15) is 0 Å². The smallest absolute Gasteiger partial charge is 0.109 e. The number of nitrogens with two attached hydrogens (primary N) is 1. The molecule has 0 amide bonds. The molecular formula is C14H21N3O. The Bertz CT molecular complexity index is 519. The monoisotopic (exact) mass is 247 g/mol. The van der Waals surface area contributed by atoms with Crippen LogP contribution in [0.3, 0.4) is 0 Å². The van der Waals surface area contributed by atoms with Gasteiger partial charge in [0.2, 0.25) is 0 Å². The molecule has 4 nitrogen and oxygen atoms in total. The molecule has 98 valence electrons. The van der Waals surface area contributed by atoms with Crippen molar-refractivity contribution in [3.05, 3.63) is 29.6 Å². The van der Waals surface area contributed by atoms with Crippen molar-refractivity contribution in [3.8, 4) is 0 Å². The van der Waals surface area contributed by atoms with Gasteiger partial charge in [-0.1, -0.05) is 13.0 Å². The Hall–Kier alpha value is -1.39. The Morgan fingerprint density at radius 3 is 2.89 bits per heavy atom. The molecule has 0 saturated carbocycles. The van der Waals surface area contributed by atoms with E-state index < -0.39 is 0 Å². The van der Waals surface area contributed by atoms with Gasteiger partial charge in [-0.3, -0.25) is 0 Å². The summed E-state index contributed by atoms with van der Waals surface area (Å²) in [5.41, 5.74) is 8.97. The molecule has 4 heteroatoms. The second-order valence-electron chi connectivity index (χ2n) is 4.47. The van der Waals surface area contributed by atoms with Gasteiger partial charge in [0, 0.05) is 13.0 Å². The third kappa shape index (κ3) is 2.54. The normalized spacial score (nSPS) is 11.3. The van der Waals surface area contributed by atoms with Crippen molar-refractivity contribution in [3.63, 3.8) is 0 Å². The molecule has 3 N–H and O–H groups in total. The molecule has 18 heavy (non-hydrogen) atoms. The first-order chi connectivity index (χ1) is 8.80. The summed E-state index contributed by atoms with van der Waals surface area (Å²) >= 11 is 0. The molecular weight excluding hydrogens is 226 g/mol. The van der Waals surface area contributed by atoms with Crippen LogP contribution in [-0.4, -0.2) is 27.8 Å². The minimum atomic E-state index is 0.136. The lowest BCUT2D eigenvalue weighted by Gasteiger charge is -2.06. The first-order valence-corrected chi connectivity index (χ1v) is 6.59. The molecule has 2 aromatic rings. The summed E-state index contributed by atoms with van der Waals surface area (Å²) in [7, 11) is 0. The molecule has 0 unspecified atom stereocenters. The van der Waals surface area contributed by atoms with E-state index in [1.807, 2.05) is 0 Å². The van der Waals surface area contributed by atoms with Gasteiger partial charge in [0.1, 0.15) is 5.82 Å². The Kier molecular flexibility index (Phi) is 4.33. The molecule has 0 aliphatic rings. The molecule has 2 rings (SSSR count). The summed E-state index contributed by atoms with van der Waals surface area (Å²) in [6, 6.07) is 6.36.